The number of ketones is 1. The molecule has 3 aromatic rings. The van der Waals surface area contributed by atoms with Crippen LogP contribution in [0.2, 0.25) is 0 Å². The molecule has 3 rings (SSSR count). The highest BCUT2D eigenvalue weighted by molar-refractivity contribution is 5.89. The molecule has 38 heavy (non-hydrogen) atoms. The number of ether oxygens (including phenoxy) is 1. The Bertz CT molecular complexity index is 1080. The molecule has 0 aliphatic carbocycles. The topological polar surface area (TPSA) is 97.4 Å². The van der Waals surface area contributed by atoms with Gasteiger partial charge in [0.2, 0.25) is 11.8 Å². The third-order valence-corrected chi connectivity index (χ3v) is 6.23. The number of hydrogen-bond donors (Lipinski definition) is 2. The van der Waals surface area contributed by atoms with Crippen LogP contribution in [-0.4, -0.2) is 41.8 Å². The Morgan fingerprint density at radius 3 is 2.18 bits per heavy atom. The van der Waals surface area contributed by atoms with E-state index in [1.165, 1.54) is 0 Å². The van der Waals surface area contributed by atoms with E-state index in [-0.39, 0.29) is 42.9 Å². The van der Waals surface area contributed by atoms with Crippen LogP contribution in [0.5, 0.6) is 0 Å². The molecule has 200 valence electrons. The van der Waals surface area contributed by atoms with Crippen molar-refractivity contribution in [3.05, 3.63) is 102 Å². The van der Waals surface area contributed by atoms with Crippen molar-refractivity contribution < 1.29 is 19.1 Å². The number of Topliss-reactive ketones (excluding diaryl/α,β-unsaturated/α-hetero) is 1. The van der Waals surface area contributed by atoms with Gasteiger partial charge in [-0.1, -0.05) is 73.7 Å². The van der Waals surface area contributed by atoms with Crippen molar-refractivity contribution in [1.82, 2.24) is 15.6 Å². The van der Waals surface area contributed by atoms with Crippen molar-refractivity contribution in [2.24, 2.45) is 5.92 Å². The molecule has 0 radical (unpaired) electrons. The van der Waals surface area contributed by atoms with E-state index in [4.69, 9.17) is 4.74 Å². The highest BCUT2D eigenvalue weighted by Gasteiger charge is 2.20. The summed E-state index contributed by atoms with van der Waals surface area (Å²) in [5, 5.41) is 5.65. The van der Waals surface area contributed by atoms with Crippen LogP contribution < -0.4 is 10.6 Å². The first-order valence-corrected chi connectivity index (χ1v) is 13.1. The highest BCUT2D eigenvalue weighted by Crippen LogP contribution is 2.12. The van der Waals surface area contributed by atoms with Gasteiger partial charge in [0, 0.05) is 25.4 Å². The maximum atomic E-state index is 13.0. The average Bonchev–Trinajstić information content (AvgIpc) is 2.93. The zero-order chi connectivity index (χ0) is 27.0. The van der Waals surface area contributed by atoms with Crippen molar-refractivity contribution in [3.63, 3.8) is 0 Å². The van der Waals surface area contributed by atoms with Gasteiger partial charge in [-0.25, -0.2) is 0 Å². The molecule has 0 aliphatic heterocycles. The minimum absolute atomic E-state index is 0.0620. The molecule has 2 aromatic carbocycles. The van der Waals surface area contributed by atoms with E-state index in [1.807, 2.05) is 73.7 Å². The molecule has 0 fully saturated rings. The molecular formula is C31H37N3O4. The molecule has 1 heterocycles. The maximum Gasteiger partial charge on any atom is 0.224 e. The first-order chi connectivity index (χ1) is 18.5. The fourth-order valence-electron chi connectivity index (χ4n) is 4.05. The molecule has 0 saturated carbocycles. The number of pyridine rings is 1. The highest BCUT2D eigenvalue weighted by atomic mass is 16.5. The predicted octanol–water partition coefficient (Wildman–Crippen LogP) is 4.06. The zero-order valence-corrected chi connectivity index (χ0v) is 22.0. The number of hydrogen-bond acceptors (Lipinski definition) is 5. The second-order valence-corrected chi connectivity index (χ2v) is 9.54. The quantitative estimate of drug-likeness (QED) is 0.300. The van der Waals surface area contributed by atoms with E-state index in [9.17, 15) is 14.4 Å². The molecule has 1 aromatic heterocycles. The normalized spacial score (nSPS) is 12.3. The molecular weight excluding hydrogens is 478 g/mol. The first kappa shape index (κ1) is 28.7. The Hall–Kier alpha value is -3.84. The minimum atomic E-state index is -0.608. The third kappa shape index (κ3) is 11.0. The van der Waals surface area contributed by atoms with Crippen LogP contribution in [0.25, 0.3) is 0 Å². The summed E-state index contributed by atoms with van der Waals surface area (Å²) >= 11 is 0. The molecule has 2 unspecified atom stereocenters. The Balaban J connectivity index is 1.39. The van der Waals surface area contributed by atoms with Gasteiger partial charge >= 0.3 is 0 Å². The van der Waals surface area contributed by atoms with E-state index >= 15 is 0 Å². The predicted molar refractivity (Wildman–Crippen MR) is 147 cm³/mol. The Kier molecular flexibility index (Phi) is 12.2. The number of aryl methyl sites for hydroxylation is 1. The van der Waals surface area contributed by atoms with Gasteiger partial charge in [0.1, 0.15) is 6.10 Å². The monoisotopic (exact) mass is 515 g/mol. The number of carbonyl (C=O) groups excluding carboxylic acids is 3. The van der Waals surface area contributed by atoms with Crippen LogP contribution >= 0.6 is 0 Å². The van der Waals surface area contributed by atoms with E-state index < -0.39 is 6.10 Å². The Morgan fingerprint density at radius 2 is 1.50 bits per heavy atom. The lowest BCUT2D eigenvalue weighted by Gasteiger charge is -2.18. The number of aromatic nitrogens is 1. The van der Waals surface area contributed by atoms with Crippen molar-refractivity contribution in [3.8, 4) is 0 Å². The summed E-state index contributed by atoms with van der Waals surface area (Å²) in [4.78, 5) is 41.5. The molecule has 2 amide bonds. The second kappa shape index (κ2) is 16.1. The lowest BCUT2D eigenvalue weighted by atomic mass is 10.0. The molecule has 0 spiro atoms. The van der Waals surface area contributed by atoms with Gasteiger partial charge in [0.25, 0.3) is 0 Å². The van der Waals surface area contributed by atoms with Crippen LogP contribution in [0.3, 0.4) is 0 Å². The average molecular weight is 516 g/mol. The molecule has 7 heteroatoms. The summed E-state index contributed by atoms with van der Waals surface area (Å²) < 4.78 is 6.00. The van der Waals surface area contributed by atoms with Crippen molar-refractivity contribution in [2.45, 2.75) is 51.7 Å². The van der Waals surface area contributed by atoms with E-state index in [2.05, 4.69) is 15.6 Å². The van der Waals surface area contributed by atoms with E-state index in [0.29, 0.717) is 32.4 Å². The maximum absolute atomic E-state index is 13.0. The summed E-state index contributed by atoms with van der Waals surface area (Å²) in [6.45, 7) is 2.72. The number of benzene rings is 2. The SMILES string of the molecule is CC(CCNC(=O)Cc1cccnc1)CC(=O)NCC(=O)C(CCc1ccccc1)OCc1ccccc1. The number of amides is 2. The molecule has 2 atom stereocenters. The second-order valence-electron chi connectivity index (χ2n) is 9.54. The number of carbonyl (C=O) groups is 3. The summed E-state index contributed by atoms with van der Waals surface area (Å²) in [7, 11) is 0. The lowest BCUT2D eigenvalue weighted by molar-refractivity contribution is -0.133. The fourth-order valence-corrected chi connectivity index (χ4v) is 4.05. The van der Waals surface area contributed by atoms with Crippen LogP contribution in [0, 0.1) is 5.92 Å². The Morgan fingerprint density at radius 1 is 0.816 bits per heavy atom. The van der Waals surface area contributed by atoms with Gasteiger partial charge in [0.15, 0.2) is 5.78 Å². The van der Waals surface area contributed by atoms with Crippen molar-refractivity contribution in [2.75, 3.05) is 13.1 Å². The summed E-state index contributed by atoms with van der Waals surface area (Å²) in [6, 6.07) is 23.4. The van der Waals surface area contributed by atoms with E-state index in [1.54, 1.807) is 18.5 Å². The van der Waals surface area contributed by atoms with Crippen molar-refractivity contribution >= 4 is 17.6 Å². The first-order valence-electron chi connectivity index (χ1n) is 13.1. The smallest absolute Gasteiger partial charge is 0.224 e. The largest absolute Gasteiger partial charge is 0.366 e. The summed E-state index contributed by atoms with van der Waals surface area (Å²) in [5.74, 6) is -0.331. The molecule has 7 nitrogen and oxygen atoms in total. The summed E-state index contributed by atoms with van der Waals surface area (Å²) in [5.41, 5.74) is 2.99. The van der Waals surface area contributed by atoms with Crippen molar-refractivity contribution in [1.29, 1.82) is 0 Å². The van der Waals surface area contributed by atoms with E-state index in [0.717, 1.165) is 16.7 Å². The zero-order valence-electron chi connectivity index (χ0n) is 22.0. The molecule has 0 saturated heterocycles. The van der Waals surface area contributed by atoms with Crippen LogP contribution in [-0.2, 0) is 38.6 Å². The minimum Gasteiger partial charge on any atom is -0.366 e. The van der Waals surface area contributed by atoms with Gasteiger partial charge in [-0.3, -0.25) is 19.4 Å². The van der Waals surface area contributed by atoms with Gasteiger partial charge in [0.05, 0.1) is 19.6 Å². The standard InChI is InChI=1S/C31H37N3O4/c1-24(16-18-33-31(37)20-27-13-8-17-32-21-27)19-30(36)34-22-28(35)29(15-14-25-9-4-2-5-10-25)38-23-26-11-6-3-7-12-26/h2-13,17,21,24,29H,14-16,18-20,22-23H2,1H3,(H,33,37)(H,34,36). The lowest BCUT2D eigenvalue weighted by Crippen LogP contribution is -2.37. The van der Waals surface area contributed by atoms with Crippen LogP contribution in [0.4, 0.5) is 0 Å². The number of rotatable bonds is 16. The molecule has 0 bridgehead atoms. The number of nitrogens with one attached hydrogen (secondary N) is 2. The number of nitrogens with zero attached hydrogens (tertiary/aromatic N) is 1. The Labute approximate surface area is 225 Å². The third-order valence-electron chi connectivity index (χ3n) is 6.23. The molecule has 2 N–H and O–H groups in total. The fraction of sp³-hybridized carbons (Fsp3) is 0.355. The van der Waals surface area contributed by atoms with Crippen LogP contribution in [0.15, 0.2) is 85.2 Å². The van der Waals surface area contributed by atoms with Gasteiger partial charge in [-0.15, -0.1) is 0 Å². The van der Waals surface area contributed by atoms with Gasteiger partial charge in [-0.2, -0.15) is 0 Å². The van der Waals surface area contributed by atoms with Gasteiger partial charge < -0.3 is 15.4 Å². The van der Waals surface area contributed by atoms with Gasteiger partial charge in [-0.05, 0) is 47.9 Å². The molecule has 0 aliphatic rings. The van der Waals surface area contributed by atoms with Crippen LogP contribution in [0.1, 0.15) is 42.9 Å². The summed E-state index contributed by atoms with van der Waals surface area (Å²) in [6.07, 6.45) is 5.22.